The highest BCUT2D eigenvalue weighted by atomic mass is 35.5. The Labute approximate surface area is 126 Å². The molecule has 6 nitrogen and oxygen atoms in total. The topological polar surface area (TPSA) is 80.6 Å². The summed E-state index contributed by atoms with van der Waals surface area (Å²) < 4.78 is 6.49. The highest BCUT2D eigenvalue weighted by Gasteiger charge is 2.17. The van der Waals surface area contributed by atoms with Crippen LogP contribution in [0.3, 0.4) is 0 Å². The number of aliphatic carboxylic acids is 1. The van der Waals surface area contributed by atoms with Crippen LogP contribution in [-0.2, 0) is 20.9 Å². The standard InChI is InChI=1S/C14H15ClN2O4/c1-21-12(14(19)20)7-16-13(18)8-17-5-4-9-2-3-10(15)6-11(9)17/h2-6,12H,7-8H2,1H3,(H,16,18)(H,19,20). The van der Waals surface area contributed by atoms with Crippen LogP contribution in [0.25, 0.3) is 10.9 Å². The molecule has 0 aliphatic heterocycles. The number of fused-ring (bicyclic) bond motifs is 1. The minimum Gasteiger partial charge on any atom is -0.479 e. The van der Waals surface area contributed by atoms with Crippen molar-refractivity contribution >= 4 is 34.4 Å². The number of aromatic nitrogens is 1. The lowest BCUT2D eigenvalue weighted by Gasteiger charge is -2.12. The van der Waals surface area contributed by atoms with Gasteiger partial charge in [0.05, 0.1) is 6.54 Å². The van der Waals surface area contributed by atoms with Gasteiger partial charge >= 0.3 is 5.97 Å². The van der Waals surface area contributed by atoms with Gasteiger partial charge in [0, 0.05) is 23.8 Å². The second-order valence-corrected chi connectivity index (χ2v) is 4.95. The van der Waals surface area contributed by atoms with Gasteiger partial charge < -0.3 is 19.7 Å². The van der Waals surface area contributed by atoms with Crippen LogP contribution in [0.2, 0.25) is 5.02 Å². The van der Waals surface area contributed by atoms with Crippen molar-refractivity contribution in [3.8, 4) is 0 Å². The number of nitrogens with zero attached hydrogens (tertiary/aromatic N) is 1. The van der Waals surface area contributed by atoms with E-state index in [0.717, 1.165) is 10.9 Å². The number of halogens is 1. The van der Waals surface area contributed by atoms with Gasteiger partial charge in [-0.3, -0.25) is 4.79 Å². The molecule has 1 unspecified atom stereocenters. The number of carbonyl (C=O) groups excluding carboxylic acids is 1. The van der Waals surface area contributed by atoms with Crippen molar-refractivity contribution in [2.24, 2.45) is 0 Å². The summed E-state index contributed by atoms with van der Waals surface area (Å²) in [5.74, 6) is -1.41. The lowest BCUT2D eigenvalue weighted by molar-refractivity contribution is -0.148. The number of hydrogen-bond acceptors (Lipinski definition) is 3. The number of carboxylic acids is 1. The number of carboxylic acid groups (broad SMARTS) is 1. The Morgan fingerprint density at radius 1 is 1.43 bits per heavy atom. The summed E-state index contributed by atoms with van der Waals surface area (Å²) in [5.41, 5.74) is 0.846. The first kappa shape index (κ1) is 15.3. The van der Waals surface area contributed by atoms with E-state index >= 15 is 0 Å². The van der Waals surface area contributed by atoms with E-state index < -0.39 is 12.1 Å². The molecule has 1 amide bonds. The average Bonchev–Trinajstić information content (AvgIpc) is 2.81. The van der Waals surface area contributed by atoms with Crippen LogP contribution < -0.4 is 5.32 Å². The number of hydrogen-bond donors (Lipinski definition) is 2. The molecule has 0 saturated carbocycles. The molecule has 0 fully saturated rings. The van der Waals surface area contributed by atoms with Crippen molar-refractivity contribution < 1.29 is 19.4 Å². The predicted molar refractivity (Wildman–Crippen MR) is 78.4 cm³/mol. The van der Waals surface area contributed by atoms with Gasteiger partial charge in [-0.1, -0.05) is 17.7 Å². The molecule has 21 heavy (non-hydrogen) atoms. The number of ether oxygens (including phenoxy) is 1. The summed E-state index contributed by atoms with van der Waals surface area (Å²) in [6.45, 7) is 0.00448. The molecule has 7 heteroatoms. The highest BCUT2D eigenvalue weighted by Crippen LogP contribution is 2.20. The maximum atomic E-state index is 11.9. The second-order valence-electron chi connectivity index (χ2n) is 4.51. The first-order valence-corrected chi connectivity index (χ1v) is 6.65. The van der Waals surface area contributed by atoms with Crippen LogP contribution in [0.1, 0.15) is 0 Å². The van der Waals surface area contributed by atoms with Gasteiger partial charge in [0.2, 0.25) is 5.91 Å². The summed E-state index contributed by atoms with van der Waals surface area (Å²) in [4.78, 5) is 22.6. The lowest BCUT2D eigenvalue weighted by Crippen LogP contribution is -2.39. The van der Waals surface area contributed by atoms with Gasteiger partial charge in [0.1, 0.15) is 6.54 Å². The molecular formula is C14H15ClN2O4. The van der Waals surface area contributed by atoms with Gasteiger partial charge in [-0.05, 0) is 23.6 Å². The number of rotatable bonds is 6. The molecule has 2 N–H and O–H groups in total. The fraction of sp³-hybridized carbons (Fsp3) is 0.286. The van der Waals surface area contributed by atoms with E-state index in [9.17, 15) is 9.59 Å². The Hall–Kier alpha value is -2.05. The molecule has 0 bridgehead atoms. The van der Waals surface area contributed by atoms with Crippen molar-refractivity contribution in [3.63, 3.8) is 0 Å². The molecule has 1 atom stereocenters. The third kappa shape index (κ3) is 3.74. The molecule has 112 valence electrons. The fourth-order valence-electron chi connectivity index (χ4n) is 1.98. The van der Waals surface area contributed by atoms with Gasteiger partial charge in [-0.15, -0.1) is 0 Å². The van der Waals surface area contributed by atoms with Gasteiger partial charge in [-0.25, -0.2) is 4.79 Å². The summed E-state index contributed by atoms with van der Waals surface area (Å²) >= 11 is 5.94. The van der Waals surface area contributed by atoms with E-state index in [1.54, 1.807) is 22.9 Å². The monoisotopic (exact) mass is 310 g/mol. The van der Waals surface area contributed by atoms with Crippen molar-refractivity contribution in [1.29, 1.82) is 0 Å². The third-order valence-electron chi connectivity index (χ3n) is 3.09. The zero-order valence-corrected chi connectivity index (χ0v) is 12.1. The Balaban J connectivity index is 2.01. The van der Waals surface area contributed by atoms with Crippen LogP contribution in [-0.4, -0.2) is 41.3 Å². The van der Waals surface area contributed by atoms with E-state index in [-0.39, 0.29) is 19.0 Å². The summed E-state index contributed by atoms with van der Waals surface area (Å²) in [6.07, 6.45) is 0.732. The largest absolute Gasteiger partial charge is 0.479 e. The van der Waals surface area contributed by atoms with Crippen LogP contribution in [0.5, 0.6) is 0 Å². The second kappa shape index (κ2) is 6.60. The van der Waals surface area contributed by atoms with Crippen molar-refractivity contribution in [2.75, 3.05) is 13.7 Å². The van der Waals surface area contributed by atoms with E-state index in [0.29, 0.717) is 5.02 Å². The number of amides is 1. The molecule has 1 heterocycles. The quantitative estimate of drug-likeness (QED) is 0.847. The molecule has 1 aromatic carbocycles. The predicted octanol–water partition coefficient (Wildman–Crippen LogP) is 1.51. The van der Waals surface area contributed by atoms with Gasteiger partial charge in [0.25, 0.3) is 0 Å². The summed E-state index contributed by atoms with van der Waals surface area (Å²) in [6, 6.07) is 7.31. The average molecular weight is 311 g/mol. The Morgan fingerprint density at radius 3 is 2.86 bits per heavy atom. The third-order valence-corrected chi connectivity index (χ3v) is 3.33. The maximum absolute atomic E-state index is 11.9. The van der Waals surface area contributed by atoms with Crippen LogP contribution in [0, 0.1) is 0 Å². The fourth-order valence-corrected chi connectivity index (χ4v) is 2.15. The number of nitrogens with one attached hydrogen (secondary N) is 1. The highest BCUT2D eigenvalue weighted by molar-refractivity contribution is 6.31. The molecule has 2 aromatic rings. The SMILES string of the molecule is COC(CNC(=O)Cn1ccc2ccc(Cl)cc21)C(=O)O. The molecule has 0 spiro atoms. The summed E-state index contributed by atoms with van der Waals surface area (Å²) in [7, 11) is 1.28. The van der Waals surface area contributed by atoms with E-state index in [4.69, 9.17) is 21.4 Å². The van der Waals surface area contributed by atoms with Crippen LogP contribution in [0.15, 0.2) is 30.5 Å². The number of carbonyl (C=O) groups is 2. The van der Waals surface area contributed by atoms with E-state index in [1.807, 2.05) is 12.1 Å². The zero-order valence-electron chi connectivity index (χ0n) is 11.4. The van der Waals surface area contributed by atoms with E-state index in [1.165, 1.54) is 7.11 Å². The normalized spacial score (nSPS) is 12.3. The molecule has 2 rings (SSSR count). The first-order valence-electron chi connectivity index (χ1n) is 6.28. The first-order chi connectivity index (χ1) is 10.0. The summed E-state index contributed by atoms with van der Waals surface area (Å²) in [5, 5.41) is 12.9. The van der Waals surface area contributed by atoms with Crippen LogP contribution in [0.4, 0.5) is 0 Å². The molecule has 0 aliphatic rings. The zero-order chi connectivity index (χ0) is 15.4. The van der Waals surface area contributed by atoms with Crippen molar-refractivity contribution in [3.05, 3.63) is 35.5 Å². The maximum Gasteiger partial charge on any atom is 0.334 e. The Bertz CT molecular complexity index is 668. The minimum atomic E-state index is -1.11. The van der Waals surface area contributed by atoms with Crippen molar-refractivity contribution in [2.45, 2.75) is 12.6 Å². The lowest BCUT2D eigenvalue weighted by atomic mass is 10.2. The molecule has 0 radical (unpaired) electrons. The van der Waals surface area contributed by atoms with Gasteiger partial charge in [0.15, 0.2) is 6.10 Å². The Morgan fingerprint density at radius 2 is 2.19 bits per heavy atom. The minimum absolute atomic E-state index is 0.0787. The van der Waals surface area contributed by atoms with Gasteiger partial charge in [-0.2, -0.15) is 0 Å². The molecular weight excluding hydrogens is 296 g/mol. The molecule has 1 aromatic heterocycles. The molecule has 0 saturated heterocycles. The molecule has 0 aliphatic carbocycles. The number of methoxy groups -OCH3 is 1. The van der Waals surface area contributed by atoms with Crippen LogP contribution >= 0.6 is 11.6 Å². The van der Waals surface area contributed by atoms with Crippen molar-refractivity contribution in [1.82, 2.24) is 9.88 Å². The Kier molecular flexibility index (Phi) is 4.82. The van der Waals surface area contributed by atoms with E-state index in [2.05, 4.69) is 5.32 Å². The smallest absolute Gasteiger partial charge is 0.334 e. The number of benzene rings is 1.